The predicted molar refractivity (Wildman–Crippen MR) is 101 cm³/mol. The van der Waals surface area contributed by atoms with Crippen molar-refractivity contribution >= 4 is 51.9 Å². The number of nitrogens with zero attached hydrogens (tertiary/aromatic N) is 3. The Hall–Kier alpha value is -2.42. The molecular formula is C17H10ClN3O3S2. The lowest BCUT2D eigenvalue weighted by Gasteiger charge is -2.08. The van der Waals surface area contributed by atoms with E-state index < -0.39 is 0 Å². The molecular weight excluding hydrogens is 394 g/mol. The second-order valence-electron chi connectivity index (χ2n) is 5.31. The van der Waals surface area contributed by atoms with Crippen LogP contribution in [0.25, 0.3) is 17.5 Å². The fraction of sp³-hybridized carbons (Fsp3) is 0.0588. The quantitative estimate of drug-likeness (QED) is 0.588. The van der Waals surface area contributed by atoms with Crippen molar-refractivity contribution in [2.45, 2.75) is 6.54 Å². The van der Waals surface area contributed by atoms with Crippen LogP contribution in [0.2, 0.25) is 5.02 Å². The predicted octanol–water partition coefficient (Wildman–Crippen LogP) is 4.69. The number of amides is 2. The van der Waals surface area contributed by atoms with Gasteiger partial charge in [-0.1, -0.05) is 22.8 Å². The second kappa shape index (κ2) is 7.06. The van der Waals surface area contributed by atoms with Gasteiger partial charge in [-0.05, 0) is 53.5 Å². The van der Waals surface area contributed by atoms with E-state index in [4.69, 9.17) is 16.1 Å². The summed E-state index contributed by atoms with van der Waals surface area (Å²) in [6.07, 6.45) is 1.71. The fourth-order valence-electron chi connectivity index (χ4n) is 2.31. The van der Waals surface area contributed by atoms with Crippen LogP contribution in [0.3, 0.4) is 0 Å². The summed E-state index contributed by atoms with van der Waals surface area (Å²) in [5.41, 5.74) is 0.708. The van der Waals surface area contributed by atoms with Crippen LogP contribution in [0.4, 0.5) is 4.79 Å². The minimum atomic E-state index is -0.355. The SMILES string of the molecule is O=C1SC(=Cc2cccs2)C(=O)N1Cc1noc(-c2ccc(Cl)cc2)n1. The molecule has 4 rings (SSSR count). The molecule has 0 bridgehead atoms. The molecule has 0 spiro atoms. The number of aromatic nitrogens is 2. The van der Waals surface area contributed by atoms with Crippen molar-refractivity contribution in [1.29, 1.82) is 0 Å². The van der Waals surface area contributed by atoms with E-state index in [9.17, 15) is 9.59 Å². The summed E-state index contributed by atoms with van der Waals surface area (Å²) in [7, 11) is 0. The standard InChI is InChI=1S/C17H10ClN3O3S2/c18-11-5-3-10(4-6-11)15-19-14(20-24-15)9-21-16(22)13(26-17(21)23)8-12-2-1-7-25-12/h1-8H,9H2. The molecule has 130 valence electrons. The van der Waals surface area contributed by atoms with Gasteiger partial charge in [0.25, 0.3) is 17.0 Å². The molecule has 6 nitrogen and oxygen atoms in total. The van der Waals surface area contributed by atoms with E-state index in [1.807, 2.05) is 17.5 Å². The summed E-state index contributed by atoms with van der Waals surface area (Å²) >= 11 is 8.27. The van der Waals surface area contributed by atoms with Crippen molar-refractivity contribution in [3.05, 3.63) is 62.4 Å². The highest BCUT2D eigenvalue weighted by Crippen LogP contribution is 2.33. The van der Waals surface area contributed by atoms with E-state index >= 15 is 0 Å². The molecule has 9 heteroatoms. The molecule has 0 atom stereocenters. The number of hydrogen-bond donors (Lipinski definition) is 0. The molecule has 1 aromatic carbocycles. The van der Waals surface area contributed by atoms with E-state index in [2.05, 4.69) is 10.1 Å². The third-order valence-electron chi connectivity index (χ3n) is 3.55. The van der Waals surface area contributed by atoms with E-state index in [0.29, 0.717) is 21.4 Å². The highest BCUT2D eigenvalue weighted by molar-refractivity contribution is 8.18. The molecule has 0 radical (unpaired) electrons. The van der Waals surface area contributed by atoms with Gasteiger partial charge >= 0.3 is 0 Å². The molecule has 0 saturated carbocycles. The number of carbonyl (C=O) groups is 2. The Morgan fingerprint density at radius 2 is 2.00 bits per heavy atom. The first-order valence-electron chi connectivity index (χ1n) is 7.47. The molecule has 1 fully saturated rings. The Kier molecular flexibility index (Phi) is 4.62. The van der Waals surface area contributed by atoms with Crippen molar-refractivity contribution < 1.29 is 14.1 Å². The number of rotatable bonds is 4. The zero-order chi connectivity index (χ0) is 18.1. The minimum Gasteiger partial charge on any atom is -0.334 e. The number of benzene rings is 1. The first-order chi connectivity index (χ1) is 12.6. The number of halogens is 1. The number of thioether (sulfide) groups is 1. The van der Waals surface area contributed by atoms with Gasteiger partial charge in [-0.3, -0.25) is 14.5 Å². The Morgan fingerprint density at radius 3 is 2.73 bits per heavy atom. The zero-order valence-electron chi connectivity index (χ0n) is 13.1. The largest absolute Gasteiger partial charge is 0.334 e. The van der Waals surface area contributed by atoms with Crippen molar-refractivity contribution in [3.8, 4) is 11.5 Å². The summed E-state index contributed by atoms with van der Waals surface area (Å²) in [4.78, 5) is 31.3. The lowest BCUT2D eigenvalue weighted by atomic mass is 10.2. The van der Waals surface area contributed by atoms with Crippen LogP contribution < -0.4 is 0 Å². The number of thiophene rings is 1. The van der Waals surface area contributed by atoms with Crippen LogP contribution in [0.5, 0.6) is 0 Å². The van der Waals surface area contributed by atoms with Crippen LogP contribution in [0.1, 0.15) is 10.7 Å². The van der Waals surface area contributed by atoms with Gasteiger partial charge in [-0.25, -0.2) is 0 Å². The van der Waals surface area contributed by atoms with E-state index in [1.165, 1.54) is 11.3 Å². The first kappa shape index (κ1) is 17.0. The van der Waals surface area contributed by atoms with Crippen molar-refractivity contribution in [2.24, 2.45) is 0 Å². The average Bonchev–Trinajstić information content (AvgIpc) is 3.35. The monoisotopic (exact) mass is 403 g/mol. The summed E-state index contributed by atoms with van der Waals surface area (Å²) in [5.74, 6) is 0.207. The van der Waals surface area contributed by atoms with Crippen molar-refractivity contribution in [1.82, 2.24) is 15.0 Å². The maximum absolute atomic E-state index is 12.5. The molecule has 1 aliphatic heterocycles. The molecule has 1 aliphatic rings. The molecule has 3 aromatic rings. The van der Waals surface area contributed by atoms with Crippen molar-refractivity contribution in [3.63, 3.8) is 0 Å². The topological polar surface area (TPSA) is 76.3 Å². The number of carbonyl (C=O) groups excluding carboxylic acids is 2. The van der Waals surface area contributed by atoms with Gasteiger partial charge in [0.2, 0.25) is 0 Å². The molecule has 3 heterocycles. The Morgan fingerprint density at radius 1 is 1.19 bits per heavy atom. The lowest BCUT2D eigenvalue weighted by Crippen LogP contribution is -2.28. The third kappa shape index (κ3) is 3.44. The maximum atomic E-state index is 12.5. The van der Waals surface area contributed by atoms with Crippen LogP contribution in [-0.4, -0.2) is 26.2 Å². The minimum absolute atomic E-state index is 0.0382. The molecule has 0 unspecified atom stereocenters. The van der Waals surface area contributed by atoms with E-state index in [0.717, 1.165) is 21.5 Å². The summed E-state index contributed by atoms with van der Waals surface area (Å²) in [5, 5.41) is 6.02. The Balaban J connectivity index is 1.51. The zero-order valence-corrected chi connectivity index (χ0v) is 15.5. The lowest BCUT2D eigenvalue weighted by molar-refractivity contribution is -0.123. The number of hydrogen-bond acceptors (Lipinski definition) is 7. The van der Waals surface area contributed by atoms with Crippen molar-refractivity contribution in [2.75, 3.05) is 0 Å². The van der Waals surface area contributed by atoms with Gasteiger partial charge in [0.05, 0.1) is 11.4 Å². The van der Waals surface area contributed by atoms with Gasteiger partial charge in [0.15, 0.2) is 5.82 Å². The van der Waals surface area contributed by atoms with Crippen LogP contribution in [0.15, 0.2) is 51.2 Å². The van der Waals surface area contributed by atoms with Gasteiger partial charge in [-0.2, -0.15) is 4.98 Å². The third-order valence-corrected chi connectivity index (χ3v) is 5.53. The van der Waals surface area contributed by atoms with Gasteiger partial charge in [0, 0.05) is 15.5 Å². The Bertz CT molecular complexity index is 997. The highest BCUT2D eigenvalue weighted by Gasteiger charge is 2.36. The molecule has 1 saturated heterocycles. The van der Waals surface area contributed by atoms with Gasteiger partial charge < -0.3 is 4.52 Å². The first-order valence-corrected chi connectivity index (χ1v) is 9.55. The van der Waals surface area contributed by atoms with E-state index in [1.54, 1.807) is 30.3 Å². The normalized spacial score (nSPS) is 16.0. The summed E-state index contributed by atoms with van der Waals surface area (Å²) in [6.45, 7) is -0.0382. The van der Waals surface area contributed by atoms with Gasteiger partial charge in [-0.15, -0.1) is 11.3 Å². The van der Waals surface area contributed by atoms with Gasteiger partial charge in [0.1, 0.15) is 0 Å². The molecule has 2 amide bonds. The smallest absolute Gasteiger partial charge is 0.293 e. The second-order valence-corrected chi connectivity index (χ2v) is 7.71. The Labute approximate surface area is 161 Å². The van der Waals surface area contributed by atoms with Crippen LogP contribution in [-0.2, 0) is 11.3 Å². The van der Waals surface area contributed by atoms with Crippen LogP contribution in [0, 0.1) is 0 Å². The number of imide groups is 1. The molecule has 0 N–H and O–H groups in total. The fourth-order valence-corrected chi connectivity index (χ4v) is 4.00. The maximum Gasteiger partial charge on any atom is 0.293 e. The molecule has 2 aromatic heterocycles. The van der Waals surface area contributed by atoms with Crippen LogP contribution >= 0.6 is 34.7 Å². The highest BCUT2D eigenvalue weighted by atomic mass is 35.5. The summed E-state index contributed by atoms with van der Waals surface area (Å²) < 4.78 is 5.21. The molecule has 26 heavy (non-hydrogen) atoms. The summed E-state index contributed by atoms with van der Waals surface area (Å²) in [6, 6.07) is 10.7. The van der Waals surface area contributed by atoms with E-state index in [-0.39, 0.29) is 23.5 Å². The molecule has 0 aliphatic carbocycles. The average molecular weight is 404 g/mol.